The van der Waals surface area contributed by atoms with E-state index in [0.717, 1.165) is 22.5 Å². The van der Waals surface area contributed by atoms with Crippen LogP contribution in [0.25, 0.3) is 0 Å². The summed E-state index contributed by atoms with van der Waals surface area (Å²) in [5, 5.41) is 0. The molecule has 0 atom stereocenters. The highest BCUT2D eigenvalue weighted by molar-refractivity contribution is 7.89. The Morgan fingerprint density at radius 1 is 0.793 bits per heavy atom. The average molecular weight is 437 g/mol. The normalized spacial score (nSPS) is 17.4. The molecule has 0 spiro atoms. The van der Waals surface area contributed by atoms with E-state index in [1.54, 1.807) is 0 Å². The van der Waals surface area contributed by atoms with Gasteiger partial charge in [0.25, 0.3) is 0 Å². The molecule has 1 aliphatic rings. The second-order valence-corrected chi connectivity index (χ2v) is 8.72. The van der Waals surface area contributed by atoms with Gasteiger partial charge in [-0.25, -0.2) is 8.42 Å². The number of alkyl halides is 6. The molecule has 3 rings (SSSR count). The highest BCUT2D eigenvalue weighted by Crippen LogP contribution is 2.39. The maximum Gasteiger partial charge on any atom is 0.416 e. The van der Waals surface area contributed by atoms with Crippen LogP contribution in [-0.4, -0.2) is 25.8 Å². The summed E-state index contributed by atoms with van der Waals surface area (Å²) in [5.74, 6) is -0.452. The van der Waals surface area contributed by atoms with E-state index in [4.69, 9.17) is 0 Å². The van der Waals surface area contributed by atoms with Crippen molar-refractivity contribution in [3.63, 3.8) is 0 Å². The third kappa shape index (κ3) is 4.58. The molecule has 1 saturated heterocycles. The van der Waals surface area contributed by atoms with Gasteiger partial charge in [-0.1, -0.05) is 18.2 Å². The zero-order chi connectivity index (χ0) is 21.4. The Bertz CT molecular complexity index is 959. The fourth-order valence-corrected chi connectivity index (χ4v) is 4.95. The zero-order valence-electron chi connectivity index (χ0n) is 15.0. The van der Waals surface area contributed by atoms with Crippen molar-refractivity contribution in [3.05, 3.63) is 65.2 Å². The van der Waals surface area contributed by atoms with E-state index < -0.39 is 39.4 Å². The molecule has 0 aromatic heterocycles. The first-order chi connectivity index (χ1) is 13.4. The number of benzene rings is 2. The van der Waals surface area contributed by atoms with E-state index in [1.165, 1.54) is 18.2 Å². The highest BCUT2D eigenvalue weighted by atomic mass is 32.2. The molecule has 3 nitrogen and oxygen atoms in total. The summed E-state index contributed by atoms with van der Waals surface area (Å²) < 4.78 is 104. The molecule has 2 aromatic carbocycles. The Morgan fingerprint density at radius 3 is 1.86 bits per heavy atom. The van der Waals surface area contributed by atoms with Crippen molar-refractivity contribution >= 4 is 10.0 Å². The van der Waals surface area contributed by atoms with Gasteiger partial charge in [-0.05, 0) is 54.7 Å². The van der Waals surface area contributed by atoms with Gasteiger partial charge in [0.2, 0.25) is 10.0 Å². The van der Waals surface area contributed by atoms with Crippen LogP contribution in [0.3, 0.4) is 0 Å². The van der Waals surface area contributed by atoms with Gasteiger partial charge in [0.05, 0.1) is 16.0 Å². The lowest BCUT2D eigenvalue weighted by Gasteiger charge is -2.32. The molecule has 0 bridgehead atoms. The molecule has 0 unspecified atom stereocenters. The summed E-state index contributed by atoms with van der Waals surface area (Å²) >= 11 is 0. The van der Waals surface area contributed by atoms with Crippen molar-refractivity contribution < 1.29 is 34.8 Å². The number of piperidine rings is 1. The monoisotopic (exact) mass is 437 g/mol. The Labute approximate surface area is 164 Å². The van der Waals surface area contributed by atoms with Crippen LogP contribution >= 0.6 is 0 Å². The minimum atomic E-state index is -4.58. The van der Waals surface area contributed by atoms with Crippen LogP contribution in [0.1, 0.15) is 35.4 Å². The number of nitrogens with zero attached hydrogens (tertiary/aromatic N) is 1. The molecule has 10 heteroatoms. The standard InChI is InChI=1S/C19H17F6NO2S/c20-18(21,22)14-5-7-15(8-6-14)29(27,28)26-11-9-13(10-12-26)16-3-1-2-4-17(16)19(23,24)25/h1-8,13H,9-12H2. The third-order valence-corrected chi connectivity index (χ3v) is 6.89. The predicted octanol–water partition coefficient (Wildman–Crippen LogP) is 5.29. The van der Waals surface area contributed by atoms with E-state index in [0.29, 0.717) is 12.1 Å². The number of rotatable bonds is 3. The van der Waals surface area contributed by atoms with Crippen LogP contribution in [0.5, 0.6) is 0 Å². The number of hydrogen-bond donors (Lipinski definition) is 0. The van der Waals surface area contributed by atoms with Crippen LogP contribution in [-0.2, 0) is 22.4 Å². The molecule has 0 N–H and O–H groups in total. The van der Waals surface area contributed by atoms with Gasteiger partial charge >= 0.3 is 12.4 Å². The maximum absolute atomic E-state index is 13.2. The molecule has 158 valence electrons. The molecule has 0 radical (unpaired) electrons. The maximum atomic E-state index is 13.2. The summed E-state index contributed by atoms with van der Waals surface area (Å²) in [5.41, 5.74) is -1.56. The SMILES string of the molecule is O=S(=O)(c1ccc(C(F)(F)F)cc1)N1CCC(c2ccccc2C(F)(F)F)CC1. The molecule has 2 aromatic rings. The quantitative estimate of drug-likeness (QED) is 0.612. The summed E-state index contributed by atoms with van der Waals surface area (Å²) in [6.07, 6.45) is -8.70. The van der Waals surface area contributed by atoms with Gasteiger partial charge in [-0.15, -0.1) is 0 Å². The predicted molar refractivity (Wildman–Crippen MR) is 93.6 cm³/mol. The second-order valence-electron chi connectivity index (χ2n) is 6.79. The van der Waals surface area contributed by atoms with E-state index in [-0.39, 0.29) is 36.4 Å². The van der Waals surface area contributed by atoms with E-state index >= 15 is 0 Å². The number of halogens is 6. The molecule has 0 aliphatic carbocycles. The molecule has 0 amide bonds. The fourth-order valence-electron chi connectivity index (χ4n) is 3.48. The van der Waals surface area contributed by atoms with Gasteiger partial charge < -0.3 is 0 Å². The minimum Gasteiger partial charge on any atom is -0.207 e. The van der Waals surface area contributed by atoms with E-state index in [1.807, 2.05) is 0 Å². The van der Waals surface area contributed by atoms with E-state index in [9.17, 15) is 34.8 Å². The second kappa shape index (κ2) is 7.64. The van der Waals surface area contributed by atoms with Gasteiger partial charge in [0.15, 0.2) is 0 Å². The Kier molecular flexibility index (Phi) is 5.70. The third-order valence-electron chi connectivity index (χ3n) is 4.98. The van der Waals surface area contributed by atoms with Crippen LogP contribution in [0.4, 0.5) is 26.3 Å². The van der Waals surface area contributed by atoms with E-state index in [2.05, 4.69) is 0 Å². The van der Waals surface area contributed by atoms with Crippen molar-refractivity contribution in [1.82, 2.24) is 4.31 Å². The van der Waals surface area contributed by atoms with Gasteiger partial charge in [0.1, 0.15) is 0 Å². The van der Waals surface area contributed by atoms with Crippen LogP contribution in [0.2, 0.25) is 0 Å². The lowest BCUT2D eigenvalue weighted by molar-refractivity contribution is -0.139. The Hall–Kier alpha value is -2.07. The Morgan fingerprint density at radius 2 is 1.34 bits per heavy atom. The zero-order valence-corrected chi connectivity index (χ0v) is 15.8. The van der Waals surface area contributed by atoms with Crippen LogP contribution < -0.4 is 0 Å². The minimum absolute atomic E-state index is 0.0137. The molecule has 1 aliphatic heterocycles. The highest BCUT2D eigenvalue weighted by Gasteiger charge is 2.37. The Balaban J connectivity index is 1.76. The summed E-state index contributed by atoms with van der Waals surface area (Å²) in [6.45, 7) is -0.0274. The van der Waals surface area contributed by atoms with Crippen LogP contribution in [0.15, 0.2) is 53.4 Å². The molecule has 0 saturated carbocycles. The smallest absolute Gasteiger partial charge is 0.207 e. The summed E-state index contributed by atoms with van der Waals surface area (Å²) in [7, 11) is -4.02. The topological polar surface area (TPSA) is 37.4 Å². The molecule has 29 heavy (non-hydrogen) atoms. The largest absolute Gasteiger partial charge is 0.416 e. The first-order valence-electron chi connectivity index (χ1n) is 8.74. The average Bonchev–Trinajstić information content (AvgIpc) is 2.67. The van der Waals surface area contributed by atoms with Crippen LogP contribution in [0, 0.1) is 0 Å². The first-order valence-corrected chi connectivity index (χ1v) is 10.2. The summed E-state index contributed by atoms with van der Waals surface area (Å²) in [4.78, 5) is -0.278. The van der Waals surface area contributed by atoms with Gasteiger partial charge in [0, 0.05) is 13.1 Å². The van der Waals surface area contributed by atoms with Crippen molar-refractivity contribution in [2.45, 2.75) is 36.0 Å². The fraction of sp³-hybridized carbons (Fsp3) is 0.368. The van der Waals surface area contributed by atoms with Crippen molar-refractivity contribution in [2.24, 2.45) is 0 Å². The number of sulfonamides is 1. The molecule has 1 heterocycles. The van der Waals surface area contributed by atoms with Crippen molar-refractivity contribution in [3.8, 4) is 0 Å². The van der Waals surface area contributed by atoms with Crippen molar-refractivity contribution in [2.75, 3.05) is 13.1 Å². The number of hydrogen-bond acceptors (Lipinski definition) is 2. The van der Waals surface area contributed by atoms with Gasteiger partial charge in [-0.3, -0.25) is 0 Å². The lowest BCUT2D eigenvalue weighted by atomic mass is 9.87. The summed E-state index contributed by atoms with van der Waals surface area (Å²) in [6, 6.07) is 8.38. The lowest BCUT2D eigenvalue weighted by Crippen LogP contribution is -2.38. The van der Waals surface area contributed by atoms with Gasteiger partial charge in [-0.2, -0.15) is 30.6 Å². The first kappa shape index (κ1) is 21.6. The molecular weight excluding hydrogens is 420 g/mol. The molecule has 1 fully saturated rings. The van der Waals surface area contributed by atoms with Crippen molar-refractivity contribution in [1.29, 1.82) is 0 Å². The molecular formula is C19H17F6NO2S.